The highest BCUT2D eigenvalue weighted by molar-refractivity contribution is 7.99. The average molecular weight is 350 g/mol. The first kappa shape index (κ1) is 17.1. The van der Waals surface area contributed by atoms with E-state index in [1.807, 2.05) is 0 Å². The van der Waals surface area contributed by atoms with Gasteiger partial charge in [0.05, 0.1) is 11.4 Å². The molecule has 1 aromatic carbocycles. The van der Waals surface area contributed by atoms with Crippen LogP contribution in [-0.2, 0) is 0 Å². The molecular formula is C13H10F4N2O3S. The molecule has 1 aromatic heterocycles. The number of benzene rings is 1. The van der Waals surface area contributed by atoms with Gasteiger partial charge in [-0.3, -0.25) is 14.6 Å². The molecule has 5 nitrogen and oxygen atoms in total. The summed E-state index contributed by atoms with van der Waals surface area (Å²) in [5.41, 5.74) is -1.49. The number of carboxylic acid groups (broad SMARTS) is 1. The summed E-state index contributed by atoms with van der Waals surface area (Å²) >= 11 is 0.475. The summed E-state index contributed by atoms with van der Waals surface area (Å²) in [6.07, 6.45) is -3.51. The molecular weight excluding hydrogens is 340 g/mol. The Morgan fingerprint density at radius 1 is 1.39 bits per heavy atom. The molecule has 0 spiro atoms. The van der Waals surface area contributed by atoms with Crippen molar-refractivity contribution >= 4 is 17.7 Å². The summed E-state index contributed by atoms with van der Waals surface area (Å²) in [4.78, 5) is 22.4. The fourth-order valence-electron chi connectivity index (χ4n) is 1.81. The van der Waals surface area contributed by atoms with Gasteiger partial charge in [0, 0.05) is 11.1 Å². The quantitative estimate of drug-likeness (QED) is 0.657. The van der Waals surface area contributed by atoms with E-state index in [0.717, 1.165) is 23.0 Å². The van der Waals surface area contributed by atoms with Crippen LogP contribution in [0.4, 0.5) is 17.6 Å². The first-order valence-corrected chi connectivity index (χ1v) is 7.12. The molecule has 10 heteroatoms. The number of carboxylic acids is 1. The van der Waals surface area contributed by atoms with Crippen molar-refractivity contribution in [2.75, 3.05) is 5.75 Å². The average Bonchev–Trinajstić information content (AvgIpc) is 2.78. The number of alkyl halides is 3. The van der Waals surface area contributed by atoms with E-state index in [4.69, 9.17) is 5.11 Å². The van der Waals surface area contributed by atoms with Crippen LogP contribution in [-0.4, -0.2) is 32.8 Å². The van der Waals surface area contributed by atoms with E-state index in [1.54, 1.807) is 0 Å². The first-order valence-electron chi connectivity index (χ1n) is 6.13. The number of aromatic amines is 1. The molecule has 0 unspecified atom stereocenters. The predicted molar refractivity (Wildman–Crippen MR) is 74.8 cm³/mol. The molecule has 0 atom stereocenters. The van der Waals surface area contributed by atoms with Gasteiger partial charge in [0.25, 0.3) is 5.56 Å². The maximum Gasteiger partial charge on any atom is 0.398 e. The summed E-state index contributed by atoms with van der Waals surface area (Å²) in [7, 11) is 0. The molecule has 2 N–H and O–H groups in total. The second-order valence-electron chi connectivity index (χ2n) is 4.63. The van der Waals surface area contributed by atoms with Crippen LogP contribution in [0.1, 0.15) is 15.9 Å². The Bertz CT molecular complexity index is 811. The molecule has 124 valence electrons. The van der Waals surface area contributed by atoms with E-state index in [2.05, 4.69) is 5.10 Å². The van der Waals surface area contributed by atoms with Gasteiger partial charge in [-0.1, -0.05) is 0 Å². The lowest BCUT2D eigenvalue weighted by Gasteiger charge is -2.11. The van der Waals surface area contributed by atoms with Crippen LogP contribution >= 0.6 is 11.8 Å². The lowest BCUT2D eigenvalue weighted by atomic mass is 10.2. The van der Waals surface area contributed by atoms with Crippen LogP contribution in [0.2, 0.25) is 0 Å². The van der Waals surface area contributed by atoms with E-state index in [-0.39, 0.29) is 10.6 Å². The SMILES string of the molecule is Cc1cc(F)c(-n2cc(C(=O)O)c(=O)[nH]2)cc1SCC(F)(F)F. The lowest BCUT2D eigenvalue weighted by Crippen LogP contribution is -2.12. The van der Waals surface area contributed by atoms with Gasteiger partial charge in [0.2, 0.25) is 0 Å². The van der Waals surface area contributed by atoms with E-state index >= 15 is 0 Å². The zero-order valence-corrected chi connectivity index (χ0v) is 12.4. The lowest BCUT2D eigenvalue weighted by molar-refractivity contribution is -0.105. The Hall–Kier alpha value is -2.23. The smallest absolute Gasteiger partial charge is 0.398 e. The van der Waals surface area contributed by atoms with Gasteiger partial charge < -0.3 is 5.11 Å². The summed E-state index contributed by atoms with van der Waals surface area (Å²) in [5.74, 6) is -3.45. The molecule has 2 aromatic rings. The molecule has 0 radical (unpaired) electrons. The summed E-state index contributed by atoms with van der Waals surface area (Å²) in [6, 6.07) is 2.15. The summed E-state index contributed by atoms with van der Waals surface area (Å²) in [5, 5.41) is 10.9. The molecule has 0 aliphatic heterocycles. The van der Waals surface area contributed by atoms with Gasteiger partial charge in [-0.2, -0.15) is 13.2 Å². The fourth-order valence-corrected chi connectivity index (χ4v) is 2.61. The highest BCUT2D eigenvalue weighted by Gasteiger charge is 2.28. The van der Waals surface area contributed by atoms with Crippen LogP contribution in [0, 0.1) is 12.7 Å². The normalized spacial score (nSPS) is 11.7. The number of H-pyrrole nitrogens is 1. The van der Waals surface area contributed by atoms with Gasteiger partial charge in [-0.15, -0.1) is 11.8 Å². The van der Waals surface area contributed by atoms with E-state index in [0.29, 0.717) is 17.3 Å². The number of nitrogens with one attached hydrogen (secondary N) is 1. The van der Waals surface area contributed by atoms with Crippen molar-refractivity contribution in [1.82, 2.24) is 9.78 Å². The highest BCUT2D eigenvalue weighted by Crippen LogP contribution is 2.31. The van der Waals surface area contributed by atoms with Gasteiger partial charge in [0.1, 0.15) is 11.4 Å². The minimum absolute atomic E-state index is 0.171. The van der Waals surface area contributed by atoms with Crippen molar-refractivity contribution < 1.29 is 27.5 Å². The Balaban J connectivity index is 2.45. The predicted octanol–water partition coefficient (Wildman–Crippen LogP) is 2.97. The molecule has 2 rings (SSSR count). The Morgan fingerprint density at radius 2 is 2.04 bits per heavy atom. The van der Waals surface area contributed by atoms with Crippen molar-refractivity contribution in [3.05, 3.63) is 45.6 Å². The third-order valence-corrected chi connectivity index (χ3v) is 4.07. The number of aromatic nitrogens is 2. The highest BCUT2D eigenvalue weighted by atomic mass is 32.2. The van der Waals surface area contributed by atoms with E-state index < -0.39 is 34.8 Å². The Morgan fingerprint density at radius 3 is 2.57 bits per heavy atom. The zero-order chi connectivity index (χ0) is 17.4. The van der Waals surface area contributed by atoms with Crippen molar-refractivity contribution in [3.63, 3.8) is 0 Å². The van der Waals surface area contributed by atoms with Crippen molar-refractivity contribution in [3.8, 4) is 5.69 Å². The number of aromatic carboxylic acids is 1. The van der Waals surface area contributed by atoms with Crippen molar-refractivity contribution in [2.45, 2.75) is 18.0 Å². The Labute approximate surface area is 130 Å². The topological polar surface area (TPSA) is 75.1 Å². The number of rotatable bonds is 4. The third kappa shape index (κ3) is 3.95. The number of hydrogen-bond acceptors (Lipinski definition) is 3. The number of carbonyl (C=O) groups is 1. The van der Waals surface area contributed by atoms with E-state index in [9.17, 15) is 27.2 Å². The molecule has 0 amide bonds. The minimum Gasteiger partial charge on any atom is -0.477 e. The standard InChI is InChI=1S/C13H10F4N2O3S/c1-6-2-8(14)9(3-10(6)23-5-13(15,16)17)19-4-7(12(21)22)11(20)18-19/h2-4H,5H2,1H3,(H,18,20)(H,21,22). The summed E-state index contributed by atoms with van der Waals surface area (Å²) in [6.45, 7) is 1.45. The van der Waals surface area contributed by atoms with Crippen LogP contribution in [0.5, 0.6) is 0 Å². The second-order valence-corrected chi connectivity index (χ2v) is 5.65. The van der Waals surface area contributed by atoms with Gasteiger partial charge in [0.15, 0.2) is 0 Å². The van der Waals surface area contributed by atoms with Crippen molar-refractivity contribution in [1.29, 1.82) is 0 Å². The molecule has 1 heterocycles. The molecule has 0 bridgehead atoms. The maximum absolute atomic E-state index is 14.0. The second kappa shape index (κ2) is 6.11. The number of aryl methyl sites for hydroxylation is 1. The zero-order valence-electron chi connectivity index (χ0n) is 11.6. The first-order chi connectivity index (χ1) is 10.6. The molecule has 0 aliphatic carbocycles. The van der Waals surface area contributed by atoms with Gasteiger partial charge in [-0.05, 0) is 24.6 Å². The molecule has 0 fully saturated rings. The minimum atomic E-state index is -4.39. The number of hydrogen-bond donors (Lipinski definition) is 2. The van der Waals surface area contributed by atoms with Crippen LogP contribution in [0.15, 0.2) is 28.0 Å². The monoisotopic (exact) mass is 350 g/mol. The number of nitrogens with zero attached hydrogens (tertiary/aromatic N) is 1. The molecule has 0 aliphatic rings. The van der Waals surface area contributed by atoms with Gasteiger partial charge >= 0.3 is 12.1 Å². The van der Waals surface area contributed by atoms with Crippen molar-refractivity contribution in [2.24, 2.45) is 0 Å². The van der Waals surface area contributed by atoms with Gasteiger partial charge in [-0.25, -0.2) is 9.18 Å². The maximum atomic E-state index is 14.0. The third-order valence-electron chi connectivity index (χ3n) is 2.85. The van der Waals surface area contributed by atoms with Crippen LogP contribution in [0.3, 0.4) is 0 Å². The fraction of sp³-hybridized carbons (Fsp3) is 0.231. The molecule has 0 saturated carbocycles. The van der Waals surface area contributed by atoms with Crippen LogP contribution in [0.25, 0.3) is 5.69 Å². The molecule has 23 heavy (non-hydrogen) atoms. The number of halogens is 4. The number of thioether (sulfide) groups is 1. The summed E-state index contributed by atoms with van der Waals surface area (Å²) < 4.78 is 51.8. The van der Waals surface area contributed by atoms with Crippen LogP contribution < -0.4 is 5.56 Å². The Kier molecular flexibility index (Phi) is 4.55. The largest absolute Gasteiger partial charge is 0.477 e. The molecule has 0 saturated heterocycles. The van der Waals surface area contributed by atoms with E-state index in [1.165, 1.54) is 6.92 Å².